The van der Waals surface area contributed by atoms with Crippen LogP contribution in [0.4, 0.5) is 11.4 Å². The van der Waals surface area contributed by atoms with E-state index in [-0.39, 0.29) is 38.4 Å². The molecule has 0 aliphatic carbocycles. The number of carbonyl (C=O) groups is 1. The van der Waals surface area contributed by atoms with Crippen molar-refractivity contribution in [3.05, 3.63) is 92.0 Å². The highest BCUT2D eigenvalue weighted by molar-refractivity contribution is 7.87. The molecule has 0 radical (unpaired) electrons. The molecular weight excluding hydrogens is 533 g/mol. The molecule has 0 saturated heterocycles. The van der Waals surface area contributed by atoms with Crippen LogP contribution in [-0.4, -0.2) is 26.4 Å². The van der Waals surface area contributed by atoms with Crippen molar-refractivity contribution >= 4 is 56.7 Å². The number of nitrogens with zero attached hydrogens (tertiary/aromatic N) is 2. The number of rotatable bonds is 8. The minimum absolute atomic E-state index is 0.0111. The van der Waals surface area contributed by atoms with E-state index in [1.54, 1.807) is 12.1 Å². The Morgan fingerprint density at radius 3 is 2.50 bits per heavy atom. The summed E-state index contributed by atoms with van der Waals surface area (Å²) in [5.74, 6) is -1.13. The first kappa shape index (κ1) is 26.5. The van der Waals surface area contributed by atoms with Gasteiger partial charge in [-0.15, -0.1) is 0 Å². The third kappa shape index (κ3) is 5.92. The number of ether oxygens (including phenoxy) is 1. The number of halogens is 2. The van der Waals surface area contributed by atoms with Crippen LogP contribution < -0.4 is 14.2 Å². The lowest BCUT2D eigenvalue weighted by molar-refractivity contribution is -0.387. The summed E-state index contributed by atoms with van der Waals surface area (Å²) in [5, 5.41) is 23.5. The predicted molar refractivity (Wildman–Crippen MR) is 133 cm³/mol. The summed E-state index contributed by atoms with van der Waals surface area (Å²) in [6.07, 6.45) is 1.18. The molecule has 1 amide bonds. The lowest BCUT2D eigenvalue weighted by Gasteiger charge is -2.12. The molecule has 1 N–H and O–H groups in total. The van der Waals surface area contributed by atoms with Crippen LogP contribution in [0.2, 0.25) is 10.0 Å². The van der Waals surface area contributed by atoms with Crippen LogP contribution in [0.15, 0.2) is 71.1 Å². The van der Waals surface area contributed by atoms with Crippen molar-refractivity contribution in [1.29, 1.82) is 5.26 Å². The molecule has 0 fully saturated rings. The molecule has 0 spiro atoms. The fourth-order valence-electron chi connectivity index (χ4n) is 2.94. The van der Waals surface area contributed by atoms with E-state index in [9.17, 15) is 28.6 Å². The normalized spacial score (nSPS) is 11.3. The zero-order chi connectivity index (χ0) is 26.5. The van der Waals surface area contributed by atoms with Gasteiger partial charge >= 0.3 is 10.1 Å². The fourth-order valence-corrected chi connectivity index (χ4v) is 4.38. The van der Waals surface area contributed by atoms with E-state index in [1.165, 1.54) is 55.7 Å². The van der Waals surface area contributed by atoms with Crippen molar-refractivity contribution in [1.82, 2.24) is 0 Å². The highest BCUT2D eigenvalue weighted by Crippen LogP contribution is 2.34. The van der Waals surface area contributed by atoms with E-state index in [0.717, 1.165) is 12.1 Å². The quantitative estimate of drug-likeness (QED) is 0.132. The molecule has 0 aliphatic rings. The summed E-state index contributed by atoms with van der Waals surface area (Å²) in [7, 11) is -3.39. The summed E-state index contributed by atoms with van der Waals surface area (Å²) < 4.78 is 35.9. The number of nitrogens with one attached hydrogen (secondary N) is 1. The zero-order valence-electron chi connectivity index (χ0n) is 18.3. The topological polar surface area (TPSA) is 149 Å². The minimum atomic E-state index is -4.65. The van der Waals surface area contributed by atoms with Gasteiger partial charge in [-0.25, -0.2) is 0 Å². The Bertz CT molecular complexity index is 1530. The maximum atomic E-state index is 12.8. The smallest absolute Gasteiger partial charge is 0.346 e. The molecule has 0 aromatic heterocycles. The Balaban J connectivity index is 1.96. The van der Waals surface area contributed by atoms with Gasteiger partial charge in [-0.05, 0) is 42.0 Å². The lowest BCUT2D eigenvalue weighted by atomic mass is 10.1. The van der Waals surface area contributed by atoms with Gasteiger partial charge in [-0.2, -0.15) is 13.7 Å². The number of nitro benzene ring substituents is 1. The number of hydrogen-bond donors (Lipinski definition) is 1. The molecule has 3 aromatic rings. The number of hydrogen-bond acceptors (Lipinski definition) is 8. The van der Waals surface area contributed by atoms with Gasteiger partial charge in [0, 0.05) is 6.07 Å². The van der Waals surface area contributed by atoms with Crippen LogP contribution in [0, 0.1) is 21.4 Å². The first-order valence-corrected chi connectivity index (χ1v) is 12.0. The molecule has 0 unspecified atom stereocenters. The number of para-hydroxylation sites is 1. The Hall–Kier alpha value is -4.11. The average molecular weight is 548 g/mol. The van der Waals surface area contributed by atoms with E-state index >= 15 is 0 Å². The fraction of sp³-hybridized carbons (Fsp3) is 0.0435. The number of carbonyl (C=O) groups excluding carboxylic acids is 1. The first-order valence-electron chi connectivity index (χ1n) is 9.80. The van der Waals surface area contributed by atoms with Gasteiger partial charge in [-0.1, -0.05) is 47.5 Å². The molecular formula is C23H15Cl2N3O7S. The van der Waals surface area contributed by atoms with Crippen LogP contribution in [0.25, 0.3) is 6.08 Å². The van der Waals surface area contributed by atoms with E-state index in [0.29, 0.717) is 0 Å². The standard InChI is InChI=1S/C23H15Cl2N3O7S/c1-34-19-10-9-14(11-15(13-26)23(29)27-17-6-4-5-16(24)22(17)25)12-20(19)35-36(32,33)21-8-3-2-7-18(21)28(30)31/h2-12H,1H3,(H,27,29)/b15-11+. The highest BCUT2D eigenvalue weighted by Gasteiger charge is 2.28. The maximum absolute atomic E-state index is 12.8. The van der Waals surface area contributed by atoms with E-state index in [1.807, 2.05) is 0 Å². The molecule has 36 heavy (non-hydrogen) atoms. The van der Waals surface area contributed by atoms with Crippen molar-refractivity contribution in [2.24, 2.45) is 0 Å². The summed E-state index contributed by atoms with van der Waals surface area (Å²) in [4.78, 5) is 22.4. The van der Waals surface area contributed by atoms with Crippen molar-refractivity contribution in [2.45, 2.75) is 4.90 Å². The summed E-state index contributed by atoms with van der Waals surface area (Å²) in [6.45, 7) is 0. The number of anilines is 1. The average Bonchev–Trinajstić information content (AvgIpc) is 2.85. The van der Waals surface area contributed by atoms with Gasteiger partial charge < -0.3 is 14.2 Å². The summed E-state index contributed by atoms with van der Waals surface area (Å²) >= 11 is 12.0. The molecule has 3 aromatic carbocycles. The number of amides is 1. The third-order valence-electron chi connectivity index (χ3n) is 4.59. The van der Waals surface area contributed by atoms with Crippen LogP contribution in [0.3, 0.4) is 0 Å². The van der Waals surface area contributed by atoms with Crippen molar-refractivity contribution in [2.75, 3.05) is 12.4 Å². The van der Waals surface area contributed by atoms with Gasteiger partial charge in [0.2, 0.25) is 0 Å². The largest absolute Gasteiger partial charge is 0.493 e. The highest BCUT2D eigenvalue weighted by atomic mass is 35.5. The maximum Gasteiger partial charge on any atom is 0.346 e. The van der Waals surface area contributed by atoms with E-state index in [4.69, 9.17) is 32.1 Å². The molecule has 13 heteroatoms. The van der Waals surface area contributed by atoms with E-state index in [2.05, 4.69) is 5.32 Å². The lowest BCUT2D eigenvalue weighted by Crippen LogP contribution is -2.14. The minimum Gasteiger partial charge on any atom is -0.493 e. The van der Waals surface area contributed by atoms with Crippen molar-refractivity contribution < 1.29 is 27.1 Å². The molecule has 0 heterocycles. The first-order chi connectivity index (χ1) is 17.1. The number of methoxy groups -OCH3 is 1. The second-order valence-corrected chi connectivity index (χ2v) is 9.20. The SMILES string of the molecule is COc1ccc(/C=C(\C#N)C(=O)Nc2cccc(Cl)c2Cl)cc1OS(=O)(=O)c1ccccc1[N+](=O)[O-]. The molecule has 3 rings (SSSR count). The van der Waals surface area contributed by atoms with E-state index < -0.39 is 31.5 Å². The van der Waals surface area contributed by atoms with Gasteiger partial charge in [-0.3, -0.25) is 14.9 Å². The summed E-state index contributed by atoms with van der Waals surface area (Å²) in [6, 6.07) is 15.0. The Morgan fingerprint density at radius 2 is 1.83 bits per heavy atom. The molecule has 0 bridgehead atoms. The third-order valence-corrected chi connectivity index (χ3v) is 6.70. The van der Waals surface area contributed by atoms with Crippen molar-refractivity contribution in [3.63, 3.8) is 0 Å². The molecule has 10 nitrogen and oxygen atoms in total. The second kappa shape index (κ2) is 11.1. The Labute approximate surface area is 215 Å². The van der Waals surface area contributed by atoms with Gasteiger partial charge in [0.05, 0.1) is 27.8 Å². The summed E-state index contributed by atoms with van der Waals surface area (Å²) in [5.41, 5.74) is -0.628. The van der Waals surface area contributed by atoms with Crippen LogP contribution in [0.1, 0.15) is 5.56 Å². The number of nitro groups is 1. The Kier molecular flexibility index (Phi) is 8.16. The second-order valence-electron chi connectivity index (χ2n) is 6.90. The van der Waals surface area contributed by atoms with Gasteiger partial charge in [0.15, 0.2) is 16.4 Å². The monoisotopic (exact) mass is 547 g/mol. The van der Waals surface area contributed by atoms with Crippen LogP contribution in [0.5, 0.6) is 11.5 Å². The molecule has 0 aliphatic heterocycles. The van der Waals surface area contributed by atoms with Crippen LogP contribution in [-0.2, 0) is 14.9 Å². The molecule has 0 saturated carbocycles. The predicted octanol–water partition coefficient (Wildman–Crippen LogP) is 5.22. The number of benzene rings is 3. The van der Waals surface area contributed by atoms with Gasteiger partial charge in [0.1, 0.15) is 11.6 Å². The van der Waals surface area contributed by atoms with Gasteiger partial charge in [0.25, 0.3) is 11.6 Å². The van der Waals surface area contributed by atoms with Crippen molar-refractivity contribution in [3.8, 4) is 17.6 Å². The Morgan fingerprint density at radius 1 is 1.11 bits per heavy atom. The molecule has 184 valence electrons. The number of nitriles is 1. The molecule has 0 atom stereocenters. The zero-order valence-corrected chi connectivity index (χ0v) is 20.6. The van der Waals surface area contributed by atoms with Crippen LogP contribution >= 0.6 is 23.2 Å².